The predicted molar refractivity (Wildman–Crippen MR) is 84.3 cm³/mol. The van der Waals surface area contributed by atoms with Gasteiger partial charge in [0.05, 0.1) is 5.02 Å². The Morgan fingerprint density at radius 2 is 1.90 bits per heavy atom. The van der Waals surface area contributed by atoms with E-state index in [1.54, 1.807) is 17.0 Å². The highest BCUT2D eigenvalue weighted by molar-refractivity contribution is 6.33. The molecule has 0 saturated carbocycles. The molecule has 3 N–H and O–H groups in total. The van der Waals surface area contributed by atoms with Gasteiger partial charge < -0.3 is 10.3 Å². The zero-order chi connectivity index (χ0) is 15.6. The van der Waals surface area contributed by atoms with Crippen molar-refractivity contribution in [3.63, 3.8) is 0 Å². The standard InChI is InChI=1S/C14H22ClN5O/c1-14(2,3)20-8-6-19(7-9-20)13(21)12-10(15)4-5-11(17-12)18-16/h4-5H,6-9,16H2,1-3H3,(H,17,18). The second-order valence-corrected chi connectivity index (χ2v) is 6.53. The maximum Gasteiger partial charge on any atom is 0.274 e. The fourth-order valence-corrected chi connectivity index (χ4v) is 2.59. The zero-order valence-electron chi connectivity index (χ0n) is 12.7. The molecule has 116 valence electrons. The van der Waals surface area contributed by atoms with Crippen LogP contribution in [0.1, 0.15) is 31.3 Å². The van der Waals surface area contributed by atoms with Crippen LogP contribution in [-0.2, 0) is 0 Å². The van der Waals surface area contributed by atoms with Gasteiger partial charge in [0.15, 0.2) is 0 Å². The summed E-state index contributed by atoms with van der Waals surface area (Å²) >= 11 is 6.08. The van der Waals surface area contributed by atoms with Gasteiger partial charge in [-0.2, -0.15) is 0 Å². The molecule has 1 aliphatic heterocycles. The Labute approximate surface area is 130 Å². The van der Waals surface area contributed by atoms with Crippen LogP contribution >= 0.6 is 11.6 Å². The van der Waals surface area contributed by atoms with Crippen molar-refractivity contribution >= 4 is 23.3 Å². The molecule has 0 unspecified atom stereocenters. The third kappa shape index (κ3) is 3.64. The molecule has 1 aromatic rings. The van der Waals surface area contributed by atoms with Crippen LogP contribution in [0, 0.1) is 0 Å². The van der Waals surface area contributed by atoms with Crippen molar-refractivity contribution in [3.8, 4) is 0 Å². The molecule has 0 spiro atoms. The number of carbonyl (C=O) groups excluding carboxylic acids is 1. The molecule has 1 aliphatic rings. The minimum Gasteiger partial charge on any atom is -0.335 e. The third-order valence-electron chi connectivity index (χ3n) is 3.71. The number of hydrazine groups is 1. The number of amides is 1. The Bertz CT molecular complexity index is 521. The summed E-state index contributed by atoms with van der Waals surface area (Å²) in [6, 6.07) is 3.26. The van der Waals surface area contributed by atoms with Gasteiger partial charge in [-0.05, 0) is 32.9 Å². The van der Waals surface area contributed by atoms with Crippen molar-refractivity contribution in [2.24, 2.45) is 5.84 Å². The average Bonchev–Trinajstić information content (AvgIpc) is 2.46. The van der Waals surface area contributed by atoms with Crippen LogP contribution in [0.15, 0.2) is 12.1 Å². The largest absolute Gasteiger partial charge is 0.335 e. The number of nitrogen functional groups attached to an aromatic ring is 1. The van der Waals surface area contributed by atoms with Gasteiger partial charge in [-0.1, -0.05) is 11.6 Å². The molecule has 0 atom stereocenters. The fraction of sp³-hybridized carbons (Fsp3) is 0.571. The molecule has 1 saturated heterocycles. The van der Waals surface area contributed by atoms with E-state index in [2.05, 4.69) is 36.1 Å². The zero-order valence-corrected chi connectivity index (χ0v) is 13.4. The number of nitrogens with two attached hydrogens (primary N) is 1. The molecular formula is C14H22ClN5O. The topological polar surface area (TPSA) is 74.5 Å². The first-order valence-corrected chi connectivity index (χ1v) is 7.38. The van der Waals surface area contributed by atoms with E-state index in [-0.39, 0.29) is 17.1 Å². The normalized spacial score (nSPS) is 16.9. The number of aromatic nitrogens is 1. The summed E-state index contributed by atoms with van der Waals surface area (Å²) in [5.41, 5.74) is 2.80. The lowest BCUT2D eigenvalue weighted by atomic mass is 10.0. The lowest BCUT2D eigenvalue weighted by Crippen LogP contribution is -2.54. The lowest BCUT2D eigenvalue weighted by Gasteiger charge is -2.42. The Morgan fingerprint density at radius 1 is 1.29 bits per heavy atom. The Hall–Kier alpha value is -1.37. The Kier molecular flexibility index (Phi) is 4.70. The van der Waals surface area contributed by atoms with Crippen molar-refractivity contribution in [2.75, 3.05) is 31.6 Å². The van der Waals surface area contributed by atoms with E-state index in [4.69, 9.17) is 17.4 Å². The molecule has 2 rings (SSSR count). The molecule has 0 bridgehead atoms. The molecule has 1 aromatic heterocycles. The van der Waals surface area contributed by atoms with Crippen LogP contribution < -0.4 is 11.3 Å². The summed E-state index contributed by atoms with van der Waals surface area (Å²) in [4.78, 5) is 20.9. The highest BCUT2D eigenvalue weighted by Crippen LogP contribution is 2.21. The van der Waals surface area contributed by atoms with Crippen LogP contribution in [0.2, 0.25) is 5.02 Å². The number of pyridine rings is 1. The molecule has 6 nitrogen and oxygen atoms in total. The summed E-state index contributed by atoms with van der Waals surface area (Å²) < 4.78 is 0. The maximum absolute atomic E-state index is 12.5. The van der Waals surface area contributed by atoms with Gasteiger partial charge in [-0.15, -0.1) is 0 Å². The van der Waals surface area contributed by atoms with E-state index < -0.39 is 0 Å². The first-order chi connectivity index (χ1) is 9.82. The minimum absolute atomic E-state index is 0.119. The van der Waals surface area contributed by atoms with E-state index >= 15 is 0 Å². The number of rotatable bonds is 2. The van der Waals surface area contributed by atoms with Gasteiger partial charge in [0.1, 0.15) is 11.5 Å². The first kappa shape index (κ1) is 16.0. The molecular weight excluding hydrogens is 290 g/mol. The summed E-state index contributed by atoms with van der Waals surface area (Å²) in [6.45, 7) is 9.59. The fourth-order valence-electron chi connectivity index (χ4n) is 2.40. The van der Waals surface area contributed by atoms with Gasteiger partial charge in [0.25, 0.3) is 5.91 Å². The van der Waals surface area contributed by atoms with Crippen LogP contribution in [0.3, 0.4) is 0 Å². The van der Waals surface area contributed by atoms with Crippen molar-refractivity contribution in [1.29, 1.82) is 0 Å². The number of piperazine rings is 1. The Morgan fingerprint density at radius 3 is 2.43 bits per heavy atom. The van der Waals surface area contributed by atoms with Crippen molar-refractivity contribution in [1.82, 2.24) is 14.8 Å². The van der Waals surface area contributed by atoms with Crippen LogP contribution in [-0.4, -0.2) is 52.4 Å². The van der Waals surface area contributed by atoms with Gasteiger partial charge in [-0.25, -0.2) is 10.8 Å². The van der Waals surface area contributed by atoms with E-state index in [1.807, 2.05) is 0 Å². The van der Waals surface area contributed by atoms with Crippen molar-refractivity contribution in [3.05, 3.63) is 22.8 Å². The number of nitrogens with one attached hydrogen (secondary N) is 1. The number of hydrogen-bond donors (Lipinski definition) is 2. The van der Waals surface area contributed by atoms with E-state index in [9.17, 15) is 4.79 Å². The van der Waals surface area contributed by atoms with Gasteiger partial charge in [0, 0.05) is 31.7 Å². The van der Waals surface area contributed by atoms with Gasteiger partial charge in [-0.3, -0.25) is 9.69 Å². The van der Waals surface area contributed by atoms with Gasteiger partial charge >= 0.3 is 0 Å². The third-order valence-corrected chi connectivity index (χ3v) is 4.02. The molecule has 0 aliphatic carbocycles. The first-order valence-electron chi connectivity index (χ1n) is 7.00. The van der Waals surface area contributed by atoms with E-state index in [1.165, 1.54) is 0 Å². The predicted octanol–water partition coefficient (Wildman–Crippen LogP) is 1.58. The average molecular weight is 312 g/mol. The van der Waals surface area contributed by atoms with Crippen molar-refractivity contribution in [2.45, 2.75) is 26.3 Å². The van der Waals surface area contributed by atoms with E-state index in [0.29, 0.717) is 23.9 Å². The molecule has 1 fully saturated rings. The molecule has 0 radical (unpaired) electrons. The van der Waals surface area contributed by atoms with Crippen LogP contribution in [0.4, 0.5) is 5.82 Å². The van der Waals surface area contributed by atoms with Gasteiger partial charge in [0.2, 0.25) is 0 Å². The summed E-state index contributed by atoms with van der Waals surface area (Å²) in [7, 11) is 0. The monoisotopic (exact) mass is 311 g/mol. The van der Waals surface area contributed by atoms with E-state index in [0.717, 1.165) is 13.1 Å². The van der Waals surface area contributed by atoms with Crippen LogP contribution in [0.25, 0.3) is 0 Å². The summed E-state index contributed by atoms with van der Waals surface area (Å²) in [5.74, 6) is 5.61. The SMILES string of the molecule is CC(C)(C)N1CCN(C(=O)c2nc(NN)ccc2Cl)CC1. The quantitative estimate of drug-likeness (QED) is 0.641. The highest BCUT2D eigenvalue weighted by Gasteiger charge is 2.29. The number of hydrogen-bond acceptors (Lipinski definition) is 5. The second-order valence-electron chi connectivity index (χ2n) is 6.12. The van der Waals surface area contributed by atoms with Crippen LogP contribution in [0.5, 0.6) is 0 Å². The Balaban J connectivity index is 2.09. The number of anilines is 1. The number of nitrogens with zero attached hydrogens (tertiary/aromatic N) is 3. The molecule has 1 amide bonds. The summed E-state index contributed by atoms with van der Waals surface area (Å²) in [6.07, 6.45) is 0. The molecule has 21 heavy (non-hydrogen) atoms. The number of halogens is 1. The molecule has 7 heteroatoms. The smallest absolute Gasteiger partial charge is 0.274 e. The lowest BCUT2D eigenvalue weighted by molar-refractivity contribution is 0.0447. The molecule has 2 heterocycles. The molecule has 0 aromatic carbocycles. The number of carbonyl (C=O) groups is 1. The van der Waals surface area contributed by atoms with Crippen molar-refractivity contribution < 1.29 is 4.79 Å². The summed E-state index contributed by atoms with van der Waals surface area (Å²) in [5, 5.41) is 0.345. The minimum atomic E-state index is -0.148. The second kappa shape index (κ2) is 6.17. The highest BCUT2D eigenvalue weighted by atomic mass is 35.5. The maximum atomic E-state index is 12.5.